The quantitative estimate of drug-likeness (QED) is 0.792. The fourth-order valence-corrected chi connectivity index (χ4v) is 3.62. The topological polar surface area (TPSA) is 41.1 Å². The molecule has 1 saturated heterocycles. The van der Waals surface area contributed by atoms with Gasteiger partial charge in [-0.2, -0.15) is 0 Å². The third-order valence-corrected chi connectivity index (χ3v) is 4.96. The number of carbonyl (C=O) groups excluding carboxylic acids is 1. The zero-order valence-electron chi connectivity index (χ0n) is 12.3. The van der Waals surface area contributed by atoms with Crippen molar-refractivity contribution < 1.29 is 4.79 Å². The molecule has 2 N–H and O–H groups in total. The Hall–Kier alpha value is -0.570. The SMILES string of the molecule is CC1CCC(NC(=O)C2CCCC2(C)C)C(C)N1. The Morgan fingerprint density at radius 2 is 1.94 bits per heavy atom. The van der Waals surface area contributed by atoms with Crippen LogP contribution in [0.25, 0.3) is 0 Å². The maximum Gasteiger partial charge on any atom is 0.223 e. The fraction of sp³-hybridized carbons (Fsp3) is 0.933. The number of hydrogen-bond donors (Lipinski definition) is 2. The third-order valence-electron chi connectivity index (χ3n) is 4.96. The van der Waals surface area contributed by atoms with Gasteiger partial charge in [0.2, 0.25) is 5.91 Å². The van der Waals surface area contributed by atoms with Crippen LogP contribution >= 0.6 is 0 Å². The highest BCUT2D eigenvalue weighted by atomic mass is 16.2. The predicted molar refractivity (Wildman–Crippen MR) is 74.3 cm³/mol. The molecule has 1 aliphatic carbocycles. The lowest BCUT2D eigenvalue weighted by atomic mass is 9.81. The molecular weight excluding hydrogens is 224 g/mol. The number of piperidine rings is 1. The van der Waals surface area contributed by atoms with Gasteiger partial charge in [-0.1, -0.05) is 20.3 Å². The van der Waals surface area contributed by atoms with Gasteiger partial charge in [0.15, 0.2) is 0 Å². The minimum atomic E-state index is 0.183. The van der Waals surface area contributed by atoms with E-state index >= 15 is 0 Å². The first-order chi connectivity index (χ1) is 8.40. The van der Waals surface area contributed by atoms with Crippen molar-refractivity contribution in [1.82, 2.24) is 10.6 Å². The molecule has 0 bridgehead atoms. The molecule has 1 amide bonds. The molecule has 0 aromatic heterocycles. The lowest BCUT2D eigenvalue weighted by Crippen LogP contribution is -2.56. The molecule has 2 fully saturated rings. The van der Waals surface area contributed by atoms with Crippen LogP contribution in [0.4, 0.5) is 0 Å². The van der Waals surface area contributed by atoms with Crippen LogP contribution in [0.3, 0.4) is 0 Å². The normalized spacial score (nSPS) is 39.6. The Balaban J connectivity index is 1.91. The summed E-state index contributed by atoms with van der Waals surface area (Å²) in [5.41, 5.74) is 0.183. The summed E-state index contributed by atoms with van der Waals surface area (Å²) >= 11 is 0. The number of rotatable bonds is 2. The van der Waals surface area contributed by atoms with Crippen LogP contribution < -0.4 is 10.6 Å². The number of amides is 1. The van der Waals surface area contributed by atoms with E-state index in [2.05, 4.69) is 38.3 Å². The minimum Gasteiger partial charge on any atom is -0.352 e. The van der Waals surface area contributed by atoms with E-state index in [1.165, 1.54) is 12.8 Å². The highest BCUT2D eigenvalue weighted by molar-refractivity contribution is 5.80. The Morgan fingerprint density at radius 1 is 1.22 bits per heavy atom. The highest BCUT2D eigenvalue weighted by Gasteiger charge is 2.40. The van der Waals surface area contributed by atoms with Gasteiger partial charge in [0, 0.05) is 24.0 Å². The number of hydrogen-bond acceptors (Lipinski definition) is 2. The van der Waals surface area contributed by atoms with Gasteiger partial charge in [-0.25, -0.2) is 0 Å². The van der Waals surface area contributed by atoms with Crippen molar-refractivity contribution in [2.24, 2.45) is 11.3 Å². The van der Waals surface area contributed by atoms with Gasteiger partial charge in [-0.05, 0) is 44.9 Å². The van der Waals surface area contributed by atoms with Crippen LogP contribution in [0.15, 0.2) is 0 Å². The Bertz CT molecular complexity index is 314. The smallest absolute Gasteiger partial charge is 0.223 e. The van der Waals surface area contributed by atoms with Crippen LogP contribution in [0.2, 0.25) is 0 Å². The summed E-state index contributed by atoms with van der Waals surface area (Å²) in [6.07, 6.45) is 5.70. The number of carbonyl (C=O) groups is 1. The summed E-state index contributed by atoms with van der Waals surface area (Å²) in [5, 5.41) is 6.82. The maximum atomic E-state index is 12.4. The van der Waals surface area contributed by atoms with E-state index in [1.807, 2.05) is 0 Å². The molecular formula is C15H28N2O. The van der Waals surface area contributed by atoms with Gasteiger partial charge in [0.05, 0.1) is 0 Å². The van der Waals surface area contributed by atoms with Crippen molar-refractivity contribution in [2.75, 3.05) is 0 Å². The summed E-state index contributed by atoms with van der Waals surface area (Å²) in [6, 6.07) is 1.28. The fourth-order valence-electron chi connectivity index (χ4n) is 3.62. The van der Waals surface area contributed by atoms with Crippen molar-refractivity contribution >= 4 is 5.91 Å². The largest absolute Gasteiger partial charge is 0.352 e. The van der Waals surface area contributed by atoms with E-state index in [-0.39, 0.29) is 17.2 Å². The van der Waals surface area contributed by atoms with Crippen molar-refractivity contribution in [2.45, 2.75) is 77.9 Å². The lowest BCUT2D eigenvalue weighted by Gasteiger charge is -2.36. The molecule has 3 heteroatoms. The molecule has 0 aromatic carbocycles. The van der Waals surface area contributed by atoms with Crippen molar-refractivity contribution in [1.29, 1.82) is 0 Å². The molecule has 0 radical (unpaired) electrons. The Kier molecular flexibility index (Phi) is 4.00. The molecule has 3 nitrogen and oxygen atoms in total. The Labute approximate surface area is 111 Å². The molecule has 2 aliphatic rings. The second-order valence-corrected chi connectivity index (χ2v) is 6.98. The number of nitrogens with one attached hydrogen (secondary N) is 2. The van der Waals surface area contributed by atoms with Crippen LogP contribution in [0, 0.1) is 11.3 Å². The molecule has 0 aromatic rings. The van der Waals surface area contributed by atoms with E-state index in [4.69, 9.17) is 0 Å². The Morgan fingerprint density at radius 3 is 2.50 bits per heavy atom. The van der Waals surface area contributed by atoms with E-state index in [1.54, 1.807) is 0 Å². The van der Waals surface area contributed by atoms with Gasteiger partial charge in [-0.15, -0.1) is 0 Å². The molecule has 4 atom stereocenters. The molecule has 4 unspecified atom stereocenters. The first-order valence-corrected chi connectivity index (χ1v) is 7.46. The maximum absolute atomic E-state index is 12.4. The zero-order chi connectivity index (χ0) is 13.3. The monoisotopic (exact) mass is 252 g/mol. The van der Waals surface area contributed by atoms with Gasteiger partial charge >= 0.3 is 0 Å². The molecule has 1 saturated carbocycles. The molecule has 18 heavy (non-hydrogen) atoms. The first kappa shape index (κ1) is 13.9. The minimum absolute atomic E-state index is 0.183. The van der Waals surface area contributed by atoms with Gasteiger partial charge < -0.3 is 10.6 Å². The van der Waals surface area contributed by atoms with E-state index < -0.39 is 0 Å². The predicted octanol–water partition coefficient (Wildman–Crippen LogP) is 2.46. The van der Waals surface area contributed by atoms with Crippen molar-refractivity contribution in [3.63, 3.8) is 0 Å². The molecule has 2 rings (SSSR count). The van der Waals surface area contributed by atoms with Gasteiger partial charge in [0.1, 0.15) is 0 Å². The average Bonchev–Trinajstić information content (AvgIpc) is 2.62. The second kappa shape index (κ2) is 5.20. The van der Waals surface area contributed by atoms with E-state index in [9.17, 15) is 4.79 Å². The van der Waals surface area contributed by atoms with E-state index in [0.717, 1.165) is 19.3 Å². The molecule has 104 valence electrons. The summed E-state index contributed by atoms with van der Waals surface area (Å²) < 4.78 is 0. The summed E-state index contributed by atoms with van der Waals surface area (Å²) in [5.74, 6) is 0.495. The van der Waals surface area contributed by atoms with E-state index in [0.29, 0.717) is 18.1 Å². The lowest BCUT2D eigenvalue weighted by molar-refractivity contribution is -0.128. The van der Waals surface area contributed by atoms with Crippen LogP contribution in [-0.4, -0.2) is 24.0 Å². The second-order valence-electron chi connectivity index (χ2n) is 6.98. The van der Waals surface area contributed by atoms with Crippen molar-refractivity contribution in [3.05, 3.63) is 0 Å². The van der Waals surface area contributed by atoms with Gasteiger partial charge in [0.25, 0.3) is 0 Å². The standard InChI is InChI=1S/C15H28N2O/c1-10-7-8-13(11(2)16-10)17-14(18)12-6-5-9-15(12,3)4/h10-13,16H,5-9H2,1-4H3,(H,17,18). The summed E-state index contributed by atoms with van der Waals surface area (Å²) in [6.45, 7) is 8.86. The molecule has 1 aliphatic heterocycles. The van der Waals surface area contributed by atoms with Gasteiger partial charge in [-0.3, -0.25) is 4.79 Å². The average molecular weight is 252 g/mol. The molecule has 0 spiro atoms. The van der Waals surface area contributed by atoms with Crippen LogP contribution in [0.1, 0.15) is 59.8 Å². The van der Waals surface area contributed by atoms with Crippen molar-refractivity contribution in [3.8, 4) is 0 Å². The zero-order valence-corrected chi connectivity index (χ0v) is 12.3. The highest BCUT2D eigenvalue weighted by Crippen LogP contribution is 2.42. The molecule has 1 heterocycles. The summed E-state index contributed by atoms with van der Waals surface area (Å²) in [7, 11) is 0. The van der Waals surface area contributed by atoms with Crippen LogP contribution in [-0.2, 0) is 4.79 Å². The third kappa shape index (κ3) is 2.87. The van der Waals surface area contributed by atoms with Crippen LogP contribution in [0.5, 0.6) is 0 Å². The summed E-state index contributed by atoms with van der Waals surface area (Å²) in [4.78, 5) is 12.4. The first-order valence-electron chi connectivity index (χ1n) is 7.46.